The van der Waals surface area contributed by atoms with Crippen LogP contribution in [0.15, 0.2) is 29.2 Å². The molecular weight excluding hydrogens is 340 g/mol. The fraction of sp³-hybridized carbons (Fsp3) is 0.500. The van der Waals surface area contributed by atoms with Crippen LogP contribution in [0.25, 0.3) is 0 Å². The Kier molecular flexibility index (Phi) is 5.90. The Labute approximate surface area is 140 Å². The highest BCUT2D eigenvalue weighted by molar-refractivity contribution is 7.99. The van der Waals surface area contributed by atoms with E-state index in [2.05, 4.69) is 14.8 Å². The molecule has 1 aromatic carbocycles. The van der Waals surface area contributed by atoms with Gasteiger partial charge in [-0.25, -0.2) is 17.9 Å². The van der Waals surface area contributed by atoms with Gasteiger partial charge in [0.05, 0.1) is 17.6 Å². The smallest absolute Gasteiger partial charge is 0.411 e. The average Bonchev–Trinajstić information content (AvgIpc) is 3.03. The molecule has 1 aliphatic heterocycles. The highest BCUT2D eigenvalue weighted by Crippen LogP contribution is 2.30. The van der Waals surface area contributed by atoms with Gasteiger partial charge in [-0.2, -0.15) is 11.8 Å². The molecule has 0 bridgehead atoms. The number of ether oxygens (including phenoxy) is 2. The molecule has 1 aromatic rings. The van der Waals surface area contributed by atoms with E-state index in [0.717, 1.165) is 17.9 Å². The number of carbonyl (C=O) groups excluding carboxylic acids is 1. The standard InChI is InChI=1S/C14H20N2O5S2/c1-20-13(17)16-11-3-5-12(6-4-11)23(18,19)15-9-14(21-2)7-8-22-10-14/h3-6,15H,7-10H2,1-2H3,(H,16,17)/t14-/m0/s1. The SMILES string of the molecule is COC(=O)Nc1ccc(S(=O)(=O)NC[C@@]2(OC)CCSC2)cc1. The Balaban J connectivity index is 2.03. The summed E-state index contributed by atoms with van der Waals surface area (Å²) in [6, 6.07) is 5.86. The summed E-state index contributed by atoms with van der Waals surface area (Å²) in [5.41, 5.74) is 0.0146. The molecule has 1 fully saturated rings. The summed E-state index contributed by atoms with van der Waals surface area (Å²) >= 11 is 1.75. The average molecular weight is 360 g/mol. The highest BCUT2D eigenvalue weighted by Gasteiger charge is 2.35. The summed E-state index contributed by atoms with van der Waals surface area (Å²) in [6.45, 7) is 0.237. The van der Waals surface area contributed by atoms with Crippen LogP contribution in [-0.2, 0) is 19.5 Å². The lowest BCUT2D eigenvalue weighted by Gasteiger charge is -2.26. The van der Waals surface area contributed by atoms with E-state index in [1.54, 1.807) is 18.9 Å². The molecule has 1 heterocycles. The molecule has 9 heteroatoms. The molecular formula is C14H20N2O5S2. The van der Waals surface area contributed by atoms with E-state index in [1.165, 1.54) is 31.4 Å². The van der Waals surface area contributed by atoms with E-state index in [0.29, 0.717) is 5.69 Å². The first-order valence-electron chi connectivity index (χ1n) is 6.98. The van der Waals surface area contributed by atoms with Crippen LogP contribution >= 0.6 is 11.8 Å². The van der Waals surface area contributed by atoms with Crippen molar-refractivity contribution in [1.29, 1.82) is 0 Å². The number of anilines is 1. The molecule has 0 aromatic heterocycles. The lowest BCUT2D eigenvalue weighted by molar-refractivity contribution is 0.0179. The Hall–Kier alpha value is -1.29. The third-order valence-corrected chi connectivity index (χ3v) is 6.32. The fourth-order valence-corrected chi connectivity index (χ4v) is 4.67. The van der Waals surface area contributed by atoms with Crippen molar-refractivity contribution in [3.63, 3.8) is 0 Å². The molecule has 2 N–H and O–H groups in total. The van der Waals surface area contributed by atoms with Gasteiger partial charge in [0.15, 0.2) is 0 Å². The van der Waals surface area contributed by atoms with Crippen molar-refractivity contribution in [1.82, 2.24) is 4.72 Å². The van der Waals surface area contributed by atoms with E-state index in [9.17, 15) is 13.2 Å². The maximum absolute atomic E-state index is 12.4. The first kappa shape index (κ1) is 18.1. The van der Waals surface area contributed by atoms with Crippen LogP contribution in [0.4, 0.5) is 10.5 Å². The highest BCUT2D eigenvalue weighted by atomic mass is 32.2. The number of nitrogens with one attached hydrogen (secondary N) is 2. The van der Waals surface area contributed by atoms with Crippen molar-refractivity contribution in [3.8, 4) is 0 Å². The number of sulfonamides is 1. The Morgan fingerprint density at radius 1 is 1.30 bits per heavy atom. The number of hydrogen-bond acceptors (Lipinski definition) is 6. The van der Waals surface area contributed by atoms with Crippen LogP contribution in [0.5, 0.6) is 0 Å². The second-order valence-electron chi connectivity index (χ2n) is 5.16. The summed E-state index contributed by atoms with van der Waals surface area (Å²) in [6.07, 6.45) is 0.207. The van der Waals surface area contributed by atoms with Gasteiger partial charge in [-0.1, -0.05) is 0 Å². The number of amides is 1. The van der Waals surface area contributed by atoms with Crippen LogP contribution in [0.2, 0.25) is 0 Å². The van der Waals surface area contributed by atoms with Gasteiger partial charge in [-0.3, -0.25) is 5.32 Å². The molecule has 0 spiro atoms. The van der Waals surface area contributed by atoms with Gasteiger partial charge in [-0.15, -0.1) is 0 Å². The molecule has 2 rings (SSSR count). The lowest BCUT2D eigenvalue weighted by atomic mass is 10.0. The lowest BCUT2D eigenvalue weighted by Crippen LogP contribution is -2.44. The van der Waals surface area contributed by atoms with Gasteiger partial charge >= 0.3 is 6.09 Å². The molecule has 1 atom stereocenters. The largest absolute Gasteiger partial charge is 0.453 e. The fourth-order valence-electron chi connectivity index (χ4n) is 2.16. The normalized spacial score (nSPS) is 21.1. The number of benzene rings is 1. The molecule has 1 saturated heterocycles. The maximum Gasteiger partial charge on any atom is 0.411 e. The molecule has 0 unspecified atom stereocenters. The van der Waals surface area contributed by atoms with E-state index in [-0.39, 0.29) is 11.4 Å². The summed E-state index contributed by atoms with van der Waals surface area (Å²) in [5.74, 6) is 1.73. The van der Waals surface area contributed by atoms with Gasteiger partial charge in [0.25, 0.3) is 0 Å². The maximum atomic E-state index is 12.4. The minimum atomic E-state index is -3.63. The molecule has 0 aliphatic carbocycles. The second-order valence-corrected chi connectivity index (χ2v) is 8.03. The number of thioether (sulfide) groups is 1. The number of hydrogen-bond donors (Lipinski definition) is 2. The zero-order valence-corrected chi connectivity index (χ0v) is 14.6. The van der Waals surface area contributed by atoms with Gasteiger partial charge in [0, 0.05) is 25.1 Å². The minimum absolute atomic E-state index is 0.129. The molecule has 0 saturated carbocycles. The molecule has 1 amide bonds. The monoisotopic (exact) mass is 360 g/mol. The molecule has 23 heavy (non-hydrogen) atoms. The van der Waals surface area contributed by atoms with Gasteiger partial charge < -0.3 is 9.47 Å². The number of methoxy groups -OCH3 is 2. The van der Waals surface area contributed by atoms with Crippen molar-refractivity contribution in [2.75, 3.05) is 37.6 Å². The van der Waals surface area contributed by atoms with Gasteiger partial charge in [0.1, 0.15) is 0 Å². The van der Waals surface area contributed by atoms with E-state index in [1.807, 2.05) is 0 Å². The van der Waals surface area contributed by atoms with Gasteiger partial charge in [0.2, 0.25) is 10.0 Å². The summed E-state index contributed by atoms with van der Waals surface area (Å²) < 4.78 is 37.3. The number of rotatable bonds is 6. The van der Waals surface area contributed by atoms with Gasteiger partial charge in [-0.05, 0) is 36.4 Å². The van der Waals surface area contributed by atoms with Crippen LogP contribution in [0.3, 0.4) is 0 Å². The zero-order chi connectivity index (χ0) is 16.9. The van der Waals surface area contributed by atoms with E-state index < -0.39 is 21.7 Å². The quantitative estimate of drug-likeness (QED) is 0.801. The van der Waals surface area contributed by atoms with E-state index in [4.69, 9.17) is 4.74 Å². The van der Waals surface area contributed by atoms with Crippen molar-refractivity contribution in [3.05, 3.63) is 24.3 Å². The first-order valence-corrected chi connectivity index (χ1v) is 9.62. The molecule has 128 valence electrons. The van der Waals surface area contributed by atoms with Crippen molar-refractivity contribution in [2.45, 2.75) is 16.9 Å². The zero-order valence-electron chi connectivity index (χ0n) is 13.0. The Morgan fingerprint density at radius 3 is 2.52 bits per heavy atom. The first-order chi connectivity index (χ1) is 10.9. The van der Waals surface area contributed by atoms with E-state index >= 15 is 0 Å². The van der Waals surface area contributed by atoms with Crippen molar-refractivity contribution < 1.29 is 22.7 Å². The van der Waals surface area contributed by atoms with Crippen LogP contribution in [0.1, 0.15) is 6.42 Å². The Morgan fingerprint density at radius 2 is 2.00 bits per heavy atom. The molecule has 7 nitrogen and oxygen atoms in total. The van der Waals surface area contributed by atoms with Crippen LogP contribution in [-0.4, -0.2) is 52.4 Å². The predicted octanol–water partition coefficient (Wildman–Crippen LogP) is 1.67. The third kappa shape index (κ3) is 4.60. The number of carbonyl (C=O) groups is 1. The predicted molar refractivity (Wildman–Crippen MR) is 89.3 cm³/mol. The van der Waals surface area contributed by atoms with Crippen LogP contribution < -0.4 is 10.0 Å². The van der Waals surface area contributed by atoms with Crippen molar-refractivity contribution in [2.24, 2.45) is 0 Å². The minimum Gasteiger partial charge on any atom is -0.453 e. The van der Waals surface area contributed by atoms with Crippen LogP contribution in [0, 0.1) is 0 Å². The summed E-state index contributed by atoms with van der Waals surface area (Å²) in [4.78, 5) is 11.2. The summed E-state index contributed by atoms with van der Waals surface area (Å²) in [5, 5.41) is 2.46. The Bertz CT molecular complexity index is 640. The second kappa shape index (κ2) is 7.52. The molecule has 1 aliphatic rings. The third-order valence-electron chi connectivity index (χ3n) is 3.68. The molecule has 0 radical (unpaired) electrons. The van der Waals surface area contributed by atoms with Crippen molar-refractivity contribution >= 4 is 33.6 Å². The summed E-state index contributed by atoms with van der Waals surface area (Å²) in [7, 11) is -0.770. The topological polar surface area (TPSA) is 93.7 Å².